The second kappa shape index (κ2) is 8.92. The van der Waals surface area contributed by atoms with Gasteiger partial charge in [-0.2, -0.15) is 5.10 Å². The average Bonchev–Trinajstić information content (AvgIpc) is 3.11. The van der Waals surface area contributed by atoms with Gasteiger partial charge in [0.2, 0.25) is 11.8 Å². The number of rotatable bonds is 6. The van der Waals surface area contributed by atoms with Crippen molar-refractivity contribution in [1.29, 1.82) is 0 Å². The van der Waals surface area contributed by atoms with E-state index in [1.54, 1.807) is 23.6 Å². The summed E-state index contributed by atoms with van der Waals surface area (Å²) in [5.74, 6) is -0.410. The van der Waals surface area contributed by atoms with Crippen LogP contribution in [0.3, 0.4) is 0 Å². The number of nitrogens with one attached hydrogen (secondary N) is 1. The third-order valence-corrected chi connectivity index (χ3v) is 4.75. The van der Waals surface area contributed by atoms with Crippen LogP contribution in [0.4, 0.5) is 0 Å². The van der Waals surface area contributed by atoms with Crippen molar-refractivity contribution in [2.45, 2.75) is 26.4 Å². The number of benzene rings is 2. The van der Waals surface area contributed by atoms with E-state index in [0.29, 0.717) is 11.6 Å². The van der Waals surface area contributed by atoms with Gasteiger partial charge in [0.05, 0.1) is 11.4 Å². The Morgan fingerprint density at radius 2 is 1.79 bits per heavy atom. The molecule has 1 heterocycles. The Labute approximate surface area is 175 Å². The van der Waals surface area contributed by atoms with E-state index in [1.807, 2.05) is 60.8 Å². The molecule has 0 spiro atoms. The molecule has 0 aliphatic rings. The molecule has 2 aromatic carbocycles. The zero-order chi connectivity index (χ0) is 21.0. The molecule has 3 aromatic rings. The molecule has 150 valence electrons. The van der Waals surface area contributed by atoms with Crippen LogP contribution in [0.15, 0.2) is 60.8 Å². The van der Waals surface area contributed by atoms with Crippen molar-refractivity contribution in [3.05, 3.63) is 71.4 Å². The first kappa shape index (κ1) is 20.6. The zero-order valence-corrected chi connectivity index (χ0v) is 17.3. The Balaban J connectivity index is 1.93. The summed E-state index contributed by atoms with van der Waals surface area (Å²) in [4.78, 5) is 25.5. The summed E-state index contributed by atoms with van der Waals surface area (Å²) >= 11 is 6.03. The Morgan fingerprint density at radius 3 is 2.41 bits per heavy atom. The van der Waals surface area contributed by atoms with E-state index in [9.17, 15) is 9.59 Å². The molecular weight excluding hydrogens is 388 g/mol. The molecule has 0 saturated carbocycles. The van der Waals surface area contributed by atoms with Gasteiger partial charge in [-0.1, -0.05) is 41.9 Å². The van der Waals surface area contributed by atoms with Crippen molar-refractivity contribution in [1.82, 2.24) is 20.0 Å². The molecular formula is C22H23ClN4O2. The van der Waals surface area contributed by atoms with Crippen LogP contribution in [0.1, 0.15) is 19.4 Å². The number of amides is 2. The fourth-order valence-electron chi connectivity index (χ4n) is 3.12. The molecule has 0 fully saturated rings. The fraction of sp³-hybridized carbons (Fsp3) is 0.227. The molecule has 6 nitrogen and oxygen atoms in total. The van der Waals surface area contributed by atoms with E-state index < -0.39 is 6.04 Å². The van der Waals surface area contributed by atoms with E-state index >= 15 is 0 Å². The monoisotopic (exact) mass is 410 g/mol. The van der Waals surface area contributed by atoms with Gasteiger partial charge in [-0.3, -0.25) is 9.59 Å². The molecule has 0 aliphatic carbocycles. The maximum atomic E-state index is 12.6. The number of hydrogen-bond donors (Lipinski definition) is 1. The highest BCUT2D eigenvalue weighted by Gasteiger charge is 2.21. The number of carbonyl (C=O) groups is 2. The smallest absolute Gasteiger partial charge is 0.244 e. The van der Waals surface area contributed by atoms with Gasteiger partial charge >= 0.3 is 0 Å². The maximum Gasteiger partial charge on any atom is 0.244 e. The Morgan fingerprint density at radius 1 is 1.14 bits per heavy atom. The Kier molecular flexibility index (Phi) is 6.34. The number of nitrogens with zero attached hydrogens (tertiary/aromatic N) is 3. The van der Waals surface area contributed by atoms with Crippen LogP contribution in [-0.2, 0) is 16.1 Å². The quantitative estimate of drug-likeness (QED) is 0.674. The van der Waals surface area contributed by atoms with Crippen LogP contribution < -0.4 is 5.32 Å². The molecule has 1 atom stereocenters. The second-order valence-electron chi connectivity index (χ2n) is 6.91. The minimum Gasteiger partial charge on any atom is -0.345 e. The summed E-state index contributed by atoms with van der Waals surface area (Å²) in [6.07, 6.45) is 1.92. The first-order valence-electron chi connectivity index (χ1n) is 9.27. The van der Waals surface area contributed by atoms with Crippen molar-refractivity contribution < 1.29 is 9.59 Å². The predicted molar refractivity (Wildman–Crippen MR) is 114 cm³/mol. The molecule has 0 radical (unpaired) electrons. The Hall–Kier alpha value is -3.12. The topological polar surface area (TPSA) is 67.2 Å². The third-order valence-electron chi connectivity index (χ3n) is 4.50. The molecule has 1 aromatic heterocycles. The number of carbonyl (C=O) groups excluding carboxylic acids is 2. The summed E-state index contributed by atoms with van der Waals surface area (Å²) in [5, 5.41) is 8.03. The van der Waals surface area contributed by atoms with Crippen molar-refractivity contribution >= 4 is 23.4 Å². The molecule has 0 bridgehead atoms. The van der Waals surface area contributed by atoms with Crippen LogP contribution in [0.25, 0.3) is 16.9 Å². The van der Waals surface area contributed by atoms with E-state index in [1.165, 1.54) is 6.92 Å². The van der Waals surface area contributed by atoms with Gasteiger partial charge in [0.15, 0.2) is 0 Å². The summed E-state index contributed by atoms with van der Waals surface area (Å²) in [6.45, 7) is 3.42. The number of hydrogen-bond acceptors (Lipinski definition) is 3. The van der Waals surface area contributed by atoms with Gasteiger partial charge < -0.3 is 10.2 Å². The maximum absolute atomic E-state index is 12.6. The minimum atomic E-state index is -0.597. The van der Waals surface area contributed by atoms with Crippen LogP contribution in [-0.4, -0.2) is 39.6 Å². The van der Waals surface area contributed by atoms with Crippen molar-refractivity contribution in [3.8, 4) is 16.9 Å². The molecule has 1 N–H and O–H groups in total. The molecule has 7 heteroatoms. The van der Waals surface area contributed by atoms with E-state index in [-0.39, 0.29) is 11.8 Å². The molecule has 1 unspecified atom stereocenters. The second-order valence-corrected chi connectivity index (χ2v) is 7.34. The zero-order valence-electron chi connectivity index (χ0n) is 16.6. The fourth-order valence-corrected chi connectivity index (χ4v) is 3.25. The first-order chi connectivity index (χ1) is 13.8. The van der Waals surface area contributed by atoms with Gasteiger partial charge in [-0.15, -0.1) is 0 Å². The minimum absolute atomic E-state index is 0.172. The first-order valence-corrected chi connectivity index (χ1v) is 9.65. The van der Waals surface area contributed by atoms with Gasteiger partial charge in [0, 0.05) is 42.9 Å². The molecule has 2 amide bonds. The van der Waals surface area contributed by atoms with Crippen molar-refractivity contribution in [2.75, 3.05) is 7.05 Å². The summed E-state index contributed by atoms with van der Waals surface area (Å²) < 4.78 is 1.80. The summed E-state index contributed by atoms with van der Waals surface area (Å²) in [6, 6.07) is 16.6. The van der Waals surface area contributed by atoms with Crippen molar-refractivity contribution in [2.24, 2.45) is 0 Å². The molecule has 3 rings (SSSR count). The lowest BCUT2D eigenvalue weighted by Crippen LogP contribution is -2.44. The highest BCUT2D eigenvalue weighted by molar-refractivity contribution is 6.30. The van der Waals surface area contributed by atoms with Crippen LogP contribution in [0.2, 0.25) is 5.02 Å². The van der Waals surface area contributed by atoms with Crippen LogP contribution in [0, 0.1) is 0 Å². The van der Waals surface area contributed by atoms with E-state index in [0.717, 1.165) is 22.5 Å². The van der Waals surface area contributed by atoms with Gasteiger partial charge in [-0.25, -0.2) is 4.68 Å². The summed E-state index contributed by atoms with van der Waals surface area (Å²) in [7, 11) is 1.71. The van der Waals surface area contributed by atoms with Crippen LogP contribution in [0.5, 0.6) is 0 Å². The lowest BCUT2D eigenvalue weighted by atomic mass is 10.1. The number of para-hydroxylation sites is 1. The molecule has 29 heavy (non-hydrogen) atoms. The average molecular weight is 411 g/mol. The Bertz CT molecular complexity index is 999. The summed E-state index contributed by atoms with van der Waals surface area (Å²) in [5.41, 5.74) is 3.50. The van der Waals surface area contributed by atoms with Gasteiger partial charge in [-0.05, 0) is 31.2 Å². The van der Waals surface area contributed by atoms with Crippen LogP contribution >= 0.6 is 11.6 Å². The van der Waals surface area contributed by atoms with E-state index in [2.05, 4.69) is 5.32 Å². The highest BCUT2D eigenvalue weighted by Crippen LogP contribution is 2.26. The largest absolute Gasteiger partial charge is 0.345 e. The highest BCUT2D eigenvalue weighted by atomic mass is 35.5. The lowest BCUT2D eigenvalue weighted by Gasteiger charge is -2.21. The normalized spacial score (nSPS) is 11.7. The standard InChI is InChI=1S/C22H23ClN4O2/c1-15(24-16(2)28)22(29)26(3)13-18-14-27(20-7-5-4-6-8-20)25-21(18)17-9-11-19(23)12-10-17/h4-12,14-15H,13H2,1-3H3,(H,24,28). The van der Waals surface area contributed by atoms with Crippen molar-refractivity contribution in [3.63, 3.8) is 0 Å². The number of halogens is 1. The van der Waals surface area contributed by atoms with Gasteiger partial charge in [0.25, 0.3) is 0 Å². The molecule has 0 aliphatic heterocycles. The van der Waals surface area contributed by atoms with E-state index in [4.69, 9.17) is 16.7 Å². The number of likely N-dealkylation sites (N-methyl/N-ethyl adjacent to an activating group) is 1. The number of aromatic nitrogens is 2. The van der Waals surface area contributed by atoms with Gasteiger partial charge in [0.1, 0.15) is 6.04 Å². The lowest BCUT2D eigenvalue weighted by molar-refractivity contribution is -0.134. The predicted octanol–water partition coefficient (Wildman–Crippen LogP) is 3.68. The SMILES string of the molecule is CC(=O)NC(C)C(=O)N(C)Cc1cn(-c2ccccc2)nc1-c1ccc(Cl)cc1. The molecule has 0 saturated heterocycles. The third kappa shape index (κ3) is 5.03.